The molecule has 0 radical (unpaired) electrons. The molecule has 0 aliphatic heterocycles. The molecule has 0 spiro atoms. The Kier molecular flexibility index (Phi) is 6.99. The quantitative estimate of drug-likeness (QED) is 0.778. The fraction of sp³-hybridized carbons (Fsp3) is 0.500. The zero-order valence-corrected chi connectivity index (χ0v) is 19.8. The number of aromatic hydroxyl groups is 1. The minimum absolute atomic E-state index is 0. The van der Waals surface area contributed by atoms with Gasteiger partial charge in [-0.15, -0.1) is 0 Å². The Balaban J connectivity index is 0.00000169. The first-order chi connectivity index (χ1) is 11.3. The van der Waals surface area contributed by atoms with E-state index in [1.165, 1.54) is 62.3 Å². The topological polar surface area (TPSA) is 20.2 Å². The van der Waals surface area contributed by atoms with E-state index in [-0.39, 0.29) is 58.2 Å². The summed E-state index contributed by atoms with van der Waals surface area (Å²) in [5.74, 6) is 3.08. The summed E-state index contributed by atoms with van der Waals surface area (Å²) < 4.78 is 0. The summed E-state index contributed by atoms with van der Waals surface area (Å²) in [4.78, 5) is 0. The van der Waals surface area contributed by atoms with Crippen molar-refractivity contribution in [2.45, 2.75) is 57.3 Å². The van der Waals surface area contributed by atoms with Gasteiger partial charge in [0.2, 0.25) is 0 Å². The van der Waals surface area contributed by atoms with Gasteiger partial charge in [0, 0.05) is 0 Å². The average molecular weight is 393 g/mol. The van der Waals surface area contributed by atoms with Crippen molar-refractivity contribution in [3.63, 3.8) is 0 Å². The molecule has 0 heterocycles. The predicted octanol–water partition coefficient (Wildman–Crippen LogP) is 3.22. The van der Waals surface area contributed by atoms with Gasteiger partial charge in [-0.2, -0.15) is 12.8 Å². The van der Waals surface area contributed by atoms with E-state index in [2.05, 4.69) is 24.6 Å². The molecule has 4 rings (SSSR count). The summed E-state index contributed by atoms with van der Waals surface area (Å²) in [5, 5.41) is 12.0. The second-order valence-electron chi connectivity index (χ2n) is 7.61. The molecule has 2 aromatic carbocycles. The number of hydrogen-bond acceptors (Lipinski definition) is 1. The van der Waals surface area contributed by atoms with E-state index in [9.17, 15) is 5.11 Å². The molecule has 1 N–H and O–H groups in total. The van der Waals surface area contributed by atoms with Crippen LogP contribution in [0.2, 0.25) is 0 Å². The SMILES string of the molecule is Oc1ccc2cc(C3CCC(C4CC[CH-]CC4)CC3)ccc2c1.[Rb+]. The van der Waals surface area contributed by atoms with E-state index in [1.54, 1.807) is 6.07 Å². The monoisotopic (exact) mass is 392 g/mol. The van der Waals surface area contributed by atoms with Gasteiger partial charge in [0.25, 0.3) is 0 Å². The van der Waals surface area contributed by atoms with Gasteiger partial charge in [-0.3, -0.25) is 0 Å². The Labute approximate surface area is 195 Å². The molecule has 24 heavy (non-hydrogen) atoms. The van der Waals surface area contributed by atoms with E-state index in [1.807, 2.05) is 12.1 Å². The third kappa shape index (κ3) is 4.34. The van der Waals surface area contributed by atoms with Crippen molar-refractivity contribution in [1.82, 2.24) is 0 Å². The van der Waals surface area contributed by atoms with Gasteiger partial charge in [-0.1, -0.05) is 37.1 Å². The molecule has 0 atom stereocenters. The fourth-order valence-electron chi connectivity index (χ4n) is 4.85. The molecule has 122 valence electrons. The molecular weight excluding hydrogens is 366 g/mol. The molecule has 0 amide bonds. The summed E-state index contributed by atoms with van der Waals surface area (Å²) in [5.41, 5.74) is 1.50. The predicted molar refractivity (Wildman–Crippen MR) is 96.6 cm³/mol. The van der Waals surface area contributed by atoms with Crippen LogP contribution in [0.5, 0.6) is 5.75 Å². The van der Waals surface area contributed by atoms with E-state index < -0.39 is 0 Å². The van der Waals surface area contributed by atoms with E-state index in [0.717, 1.165) is 23.1 Å². The summed E-state index contributed by atoms with van der Waals surface area (Å²) in [6.45, 7) is 0. The number of benzene rings is 2. The van der Waals surface area contributed by atoms with Gasteiger partial charge in [0.05, 0.1) is 0 Å². The summed E-state index contributed by atoms with van der Waals surface area (Å²) in [6, 6.07) is 12.5. The molecule has 2 aromatic rings. The molecule has 2 aliphatic carbocycles. The second-order valence-corrected chi connectivity index (χ2v) is 7.61. The van der Waals surface area contributed by atoms with Crippen LogP contribution in [-0.2, 0) is 0 Å². The molecule has 1 nitrogen and oxygen atoms in total. The fourth-order valence-corrected chi connectivity index (χ4v) is 4.85. The first-order valence-electron chi connectivity index (χ1n) is 9.34. The number of phenols is 1. The number of fused-ring (bicyclic) bond motifs is 1. The third-order valence-corrected chi connectivity index (χ3v) is 6.24. The maximum Gasteiger partial charge on any atom is 1.00 e. The second kappa shape index (κ2) is 8.80. The summed E-state index contributed by atoms with van der Waals surface area (Å²) in [7, 11) is 0. The van der Waals surface area contributed by atoms with Crippen LogP contribution < -0.4 is 58.2 Å². The van der Waals surface area contributed by atoms with Crippen molar-refractivity contribution in [1.29, 1.82) is 0 Å². The van der Waals surface area contributed by atoms with Crippen molar-refractivity contribution < 1.29 is 63.3 Å². The smallest absolute Gasteiger partial charge is 0.508 e. The van der Waals surface area contributed by atoms with Crippen LogP contribution in [0, 0.1) is 18.3 Å². The van der Waals surface area contributed by atoms with E-state index >= 15 is 0 Å². The Bertz CT molecular complexity index is 667. The van der Waals surface area contributed by atoms with Crippen molar-refractivity contribution >= 4 is 10.8 Å². The van der Waals surface area contributed by atoms with Crippen LogP contribution >= 0.6 is 0 Å². The van der Waals surface area contributed by atoms with Crippen molar-refractivity contribution in [3.8, 4) is 5.75 Å². The maximum atomic E-state index is 9.60. The standard InChI is InChI=1S/C22H27O.Rb/c23-22-13-12-20-14-19(10-11-21(20)15-22)18-8-6-17(7-9-18)16-4-2-1-3-5-16;/h1,10-18,23H,2-9H2;/q-1;+1. The molecule has 2 heteroatoms. The van der Waals surface area contributed by atoms with Gasteiger partial charge in [0.15, 0.2) is 0 Å². The molecule has 0 bridgehead atoms. The van der Waals surface area contributed by atoms with Crippen LogP contribution in [0.4, 0.5) is 0 Å². The van der Waals surface area contributed by atoms with Crippen LogP contribution in [0.25, 0.3) is 10.8 Å². The van der Waals surface area contributed by atoms with Crippen molar-refractivity contribution in [2.24, 2.45) is 11.8 Å². The van der Waals surface area contributed by atoms with Gasteiger partial charge in [-0.25, -0.2) is 0 Å². The Morgan fingerprint density at radius 1 is 0.750 bits per heavy atom. The zero-order valence-electron chi connectivity index (χ0n) is 14.9. The van der Waals surface area contributed by atoms with Gasteiger partial charge >= 0.3 is 58.2 Å². The zero-order chi connectivity index (χ0) is 15.6. The third-order valence-electron chi connectivity index (χ3n) is 6.24. The van der Waals surface area contributed by atoms with Crippen LogP contribution in [-0.4, -0.2) is 5.11 Å². The Morgan fingerprint density at radius 3 is 2.12 bits per heavy atom. The average Bonchev–Trinajstić information content (AvgIpc) is 2.62. The summed E-state index contributed by atoms with van der Waals surface area (Å²) in [6.07, 6.45) is 13.6. The number of phenolic OH excluding ortho intramolecular Hbond substituents is 1. The van der Waals surface area contributed by atoms with Gasteiger partial charge in [-0.05, 0) is 71.9 Å². The number of rotatable bonds is 2. The molecule has 0 unspecified atom stereocenters. The van der Waals surface area contributed by atoms with Crippen LogP contribution in [0.3, 0.4) is 0 Å². The minimum Gasteiger partial charge on any atom is -0.508 e. The Morgan fingerprint density at radius 2 is 1.38 bits per heavy atom. The van der Waals surface area contributed by atoms with Gasteiger partial charge in [0.1, 0.15) is 5.75 Å². The van der Waals surface area contributed by atoms with Crippen molar-refractivity contribution in [3.05, 3.63) is 48.4 Å². The van der Waals surface area contributed by atoms with E-state index in [4.69, 9.17) is 0 Å². The molecule has 2 saturated carbocycles. The van der Waals surface area contributed by atoms with Crippen LogP contribution in [0.15, 0.2) is 36.4 Å². The van der Waals surface area contributed by atoms with Crippen LogP contribution in [0.1, 0.15) is 62.8 Å². The number of hydrogen-bond donors (Lipinski definition) is 1. The molecular formula is C22H27ORb. The van der Waals surface area contributed by atoms with E-state index in [0.29, 0.717) is 5.75 Å². The first-order valence-corrected chi connectivity index (χ1v) is 9.34. The van der Waals surface area contributed by atoms with Gasteiger partial charge < -0.3 is 11.5 Å². The normalized spacial score (nSPS) is 25.3. The largest absolute Gasteiger partial charge is 1.00 e. The Hall–Kier alpha value is 0.305. The minimum atomic E-state index is 0. The first kappa shape index (κ1) is 19.1. The summed E-state index contributed by atoms with van der Waals surface area (Å²) >= 11 is 0. The molecule has 2 fully saturated rings. The molecule has 0 aromatic heterocycles. The molecule has 2 aliphatic rings. The molecule has 0 saturated heterocycles. The van der Waals surface area contributed by atoms with Crippen molar-refractivity contribution in [2.75, 3.05) is 0 Å². The maximum absolute atomic E-state index is 9.60.